The Morgan fingerprint density at radius 3 is 2.95 bits per heavy atom. The molecule has 1 aromatic heterocycles. The molecule has 3 nitrogen and oxygen atoms in total. The van der Waals surface area contributed by atoms with E-state index in [-0.39, 0.29) is 5.60 Å². The minimum atomic E-state index is -0.200. The van der Waals surface area contributed by atoms with Crippen LogP contribution in [0.1, 0.15) is 38.4 Å². The second-order valence-corrected chi connectivity index (χ2v) is 6.21. The van der Waals surface area contributed by atoms with Crippen molar-refractivity contribution in [1.29, 1.82) is 0 Å². The summed E-state index contributed by atoms with van der Waals surface area (Å²) in [7, 11) is 0. The summed E-state index contributed by atoms with van der Waals surface area (Å²) in [5.74, 6) is 0. The van der Waals surface area contributed by atoms with Gasteiger partial charge in [-0.05, 0) is 37.9 Å². The van der Waals surface area contributed by atoms with E-state index < -0.39 is 0 Å². The van der Waals surface area contributed by atoms with Crippen LogP contribution < -0.4 is 5.32 Å². The summed E-state index contributed by atoms with van der Waals surface area (Å²) in [6.07, 6.45) is 2.00. The average Bonchev–Trinajstić information content (AvgIpc) is 2.79. The molecule has 2 heterocycles. The summed E-state index contributed by atoms with van der Waals surface area (Å²) in [4.78, 5) is 3.59. The molecule has 3 heteroatoms. The number of ether oxygens (including phenoxy) is 1. The third-order valence-electron chi connectivity index (χ3n) is 4.27. The molecule has 3 rings (SSSR count). The summed E-state index contributed by atoms with van der Waals surface area (Å²) in [6.45, 7) is 8.36. The van der Waals surface area contributed by atoms with Gasteiger partial charge in [0.2, 0.25) is 0 Å². The zero-order valence-electron chi connectivity index (χ0n) is 12.6. The van der Waals surface area contributed by atoms with Crippen molar-refractivity contribution < 1.29 is 4.74 Å². The molecule has 0 bridgehead atoms. The van der Waals surface area contributed by atoms with Gasteiger partial charge < -0.3 is 15.0 Å². The molecule has 108 valence electrons. The molecular formula is C17H24N2O. The van der Waals surface area contributed by atoms with E-state index in [2.05, 4.69) is 55.3 Å². The third kappa shape index (κ3) is 2.36. The fraction of sp³-hybridized carbons (Fsp3) is 0.529. The fourth-order valence-electron chi connectivity index (χ4n) is 3.16. The van der Waals surface area contributed by atoms with E-state index in [4.69, 9.17) is 4.74 Å². The van der Waals surface area contributed by atoms with Gasteiger partial charge in [0.05, 0.1) is 12.3 Å². The van der Waals surface area contributed by atoms with Crippen molar-refractivity contribution in [3.8, 4) is 0 Å². The third-order valence-corrected chi connectivity index (χ3v) is 4.27. The van der Waals surface area contributed by atoms with Gasteiger partial charge in [-0.25, -0.2) is 0 Å². The molecule has 1 unspecified atom stereocenters. The Labute approximate surface area is 120 Å². The van der Waals surface area contributed by atoms with E-state index >= 15 is 0 Å². The van der Waals surface area contributed by atoms with Crippen molar-refractivity contribution >= 4 is 10.9 Å². The number of fused-ring (bicyclic) bond motifs is 3. The minimum absolute atomic E-state index is 0.200. The van der Waals surface area contributed by atoms with Crippen LogP contribution in [0.5, 0.6) is 0 Å². The van der Waals surface area contributed by atoms with Crippen molar-refractivity contribution in [1.82, 2.24) is 10.3 Å². The van der Waals surface area contributed by atoms with Gasteiger partial charge in [0.15, 0.2) is 0 Å². The van der Waals surface area contributed by atoms with E-state index in [1.165, 1.54) is 22.2 Å². The number of hydrogen-bond acceptors (Lipinski definition) is 2. The van der Waals surface area contributed by atoms with E-state index in [0.29, 0.717) is 6.04 Å². The predicted molar refractivity (Wildman–Crippen MR) is 83.1 cm³/mol. The Bertz CT molecular complexity index is 602. The highest BCUT2D eigenvalue weighted by atomic mass is 16.5. The number of para-hydroxylation sites is 1. The Morgan fingerprint density at radius 1 is 1.35 bits per heavy atom. The van der Waals surface area contributed by atoms with E-state index in [0.717, 1.165) is 26.0 Å². The van der Waals surface area contributed by atoms with Crippen LogP contribution in [-0.4, -0.2) is 24.2 Å². The van der Waals surface area contributed by atoms with Crippen LogP contribution in [-0.2, 0) is 16.8 Å². The monoisotopic (exact) mass is 272 g/mol. The van der Waals surface area contributed by atoms with Crippen LogP contribution in [0.15, 0.2) is 24.3 Å². The summed E-state index contributed by atoms with van der Waals surface area (Å²) >= 11 is 0. The molecule has 0 fully saturated rings. The molecule has 0 aliphatic carbocycles. The van der Waals surface area contributed by atoms with Crippen molar-refractivity contribution in [3.63, 3.8) is 0 Å². The Balaban J connectivity index is 1.92. The Morgan fingerprint density at radius 2 is 2.15 bits per heavy atom. The number of benzene rings is 1. The highest BCUT2D eigenvalue weighted by molar-refractivity contribution is 5.85. The molecule has 1 aliphatic heterocycles. The molecule has 2 N–H and O–H groups in total. The topological polar surface area (TPSA) is 37.0 Å². The summed E-state index contributed by atoms with van der Waals surface area (Å²) < 4.78 is 6.13. The zero-order chi connectivity index (χ0) is 14.2. The normalized spacial score (nSPS) is 22.4. The van der Waals surface area contributed by atoms with Crippen LogP contribution in [0, 0.1) is 0 Å². The van der Waals surface area contributed by atoms with Gasteiger partial charge in [-0.15, -0.1) is 0 Å². The summed E-state index contributed by atoms with van der Waals surface area (Å²) in [5, 5.41) is 4.84. The molecule has 0 amide bonds. The van der Waals surface area contributed by atoms with Gasteiger partial charge in [-0.1, -0.05) is 32.0 Å². The zero-order valence-corrected chi connectivity index (χ0v) is 12.6. The molecule has 2 aromatic rings. The molecule has 1 aliphatic rings. The molecule has 1 aromatic carbocycles. The standard InChI is InChI=1S/C17H24N2O/c1-12(2)18-10-9-17(3)16-14(8-11-20-17)13-6-4-5-7-15(13)19-16/h4-7,12,18-19H,8-11H2,1-3H3. The maximum atomic E-state index is 6.13. The second kappa shape index (κ2) is 5.23. The maximum absolute atomic E-state index is 6.13. The fourth-order valence-corrected chi connectivity index (χ4v) is 3.16. The molecule has 20 heavy (non-hydrogen) atoms. The molecule has 0 spiro atoms. The van der Waals surface area contributed by atoms with Gasteiger partial charge in [0.1, 0.15) is 5.60 Å². The number of H-pyrrole nitrogens is 1. The molecule has 0 saturated carbocycles. The summed E-state index contributed by atoms with van der Waals surface area (Å²) in [5.41, 5.74) is 3.74. The van der Waals surface area contributed by atoms with Gasteiger partial charge in [-0.2, -0.15) is 0 Å². The lowest BCUT2D eigenvalue weighted by Crippen LogP contribution is -2.37. The number of hydrogen-bond donors (Lipinski definition) is 2. The highest BCUT2D eigenvalue weighted by Crippen LogP contribution is 2.38. The van der Waals surface area contributed by atoms with Crippen molar-refractivity contribution in [2.45, 2.75) is 45.3 Å². The lowest BCUT2D eigenvalue weighted by Gasteiger charge is -2.34. The lowest BCUT2D eigenvalue weighted by molar-refractivity contribution is -0.0543. The van der Waals surface area contributed by atoms with Crippen LogP contribution >= 0.6 is 0 Å². The summed E-state index contributed by atoms with van der Waals surface area (Å²) in [6, 6.07) is 9.08. The van der Waals surface area contributed by atoms with Gasteiger partial charge in [0, 0.05) is 16.9 Å². The average molecular weight is 272 g/mol. The number of aromatic amines is 1. The van der Waals surface area contributed by atoms with Gasteiger partial charge in [0.25, 0.3) is 0 Å². The minimum Gasteiger partial charge on any atom is -0.369 e. The van der Waals surface area contributed by atoms with E-state index in [9.17, 15) is 0 Å². The molecular weight excluding hydrogens is 248 g/mol. The molecule has 0 saturated heterocycles. The lowest BCUT2D eigenvalue weighted by atomic mass is 9.90. The Hall–Kier alpha value is -1.32. The maximum Gasteiger partial charge on any atom is 0.106 e. The number of rotatable bonds is 4. The van der Waals surface area contributed by atoms with Gasteiger partial charge >= 0.3 is 0 Å². The number of nitrogens with one attached hydrogen (secondary N) is 2. The van der Waals surface area contributed by atoms with E-state index in [1.54, 1.807) is 0 Å². The Kier molecular flexibility index (Phi) is 3.57. The first-order valence-electron chi connectivity index (χ1n) is 7.57. The first-order chi connectivity index (χ1) is 9.60. The van der Waals surface area contributed by atoms with Crippen LogP contribution in [0.4, 0.5) is 0 Å². The molecule has 0 radical (unpaired) electrons. The first-order valence-corrected chi connectivity index (χ1v) is 7.57. The van der Waals surface area contributed by atoms with Crippen LogP contribution in [0.25, 0.3) is 10.9 Å². The second-order valence-electron chi connectivity index (χ2n) is 6.21. The largest absolute Gasteiger partial charge is 0.369 e. The SMILES string of the molecule is CC(C)NCCC1(C)OCCc2c1[nH]c1ccccc21. The van der Waals surface area contributed by atoms with Crippen LogP contribution in [0.2, 0.25) is 0 Å². The van der Waals surface area contributed by atoms with Gasteiger partial charge in [-0.3, -0.25) is 0 Å². The quantitative estimate of drug-likeness (QED) is 0.895. The smallest absolute Gasteiger partial charge is 0.106 e. The molecule has 1 atom stereocenters. The van der Waals surface area contributed by atoms with Crippen molar-refractivity contribution in [3.05, 3.63) is 35.5 Å². The van der Waals surface area contributed by atoms with Crippen molar-refractivity contribution in [2.24, 2.45) is 0 Å². The van der Waals surface area contributed by atoms with E-state index in [1.807, 2.05) is 0 Å². The first kappa shape index (κ1) is 13.7. The number of aromatic nitrogens is 1. The van der Waals surface area contributed by atoms with Crippen LogP contribution in [0.3, 0.4) is 0 Å². The predicted octanol–water partition coefficient (Wildman–Crippen LogP) is 3.34. The highest BCUT2D eigenvalue weighted by Gasteiger charge is 2.35. The van der Waals surface area contributed by atoms with Crippen molar-refractivity contribution in [2.75, 3.05) is 13.2 Å².